The van der Waals surface area contributed by atoms with E-state index in [2.05, 4.69) is 31.3 Å². The third-order valence-electron chi connectivity index (χ3n) is 4.75. The predicted octanol–water partition coefficient (Wildman–Crippen LogP) is 3.83. The van der Waals surface area contributed by atoms with Gasteiger partial charge in [-0.25, -0.2) is 0 Å². The smallest absolute Gasteiger partial charge is 0.126 e. The van der Waals surface area contributed by atoms with Crippen LogP contribution >= 0.6 is 0 Å². The van der Waals surface area contributed by atoms with Crippen LogP contribution in [-0.2, 0) is 0 Å². The van der Waals surface area contributed by atoms with Gasteiger partial charge in [-0.3, -0.25) is 0 Å². The molecule has 0 spiro atoms. The fourth-order valence-electron chi connectivity index (χ4n) is 3.62. The van der Waals surface area contributed by atoms with Crippen molar-refractivity contribution < 1.29 is 9.47 Å². The standard InChI is InChI=1S/C18H29NO2/c1-5-19-12-14-10-9-13(2)11-15(14)18-16(20-3)7-6-8-17(18)21-4/h6-8,13-15,19H,5,9-12H2,1-4H3. The first-order valence-electron chi connectivity index (χ1n) is 8.12. The van der Waals surface area contributed by atoms with Crippen LogP contribution in [0, 0.1) is 11.8 Å². The van der Waals surface area contributed by atoms with Crippen molar-refractivity contribution in [3.8, 4) is 11.5 Å². The van der Waals surface area contributed by atoms with Crippen molar-refractivity contribution in [1.82, 2.24) is 5.32 Å². The summed E-state index contributed by atoms with van der Waals surface area (Å²) < 4.78 is 11.3. The molecular weight excluding hydrogens is 262 g/mol. The van der Waals surface area contributed by atoms with Crippen LogP contribution in [0.3, 0.4) is 0 Å². The molecule has 1 aromatic rings. The lowest BCUT2D eigenvalue weighted by molar-refractivity contribution is 0.233. The maximum absolute atomic E-state index is 5.63. The van der Waals surface area contributed by atoms with E-state index < -0.39 is 0 Å². The van der Waals surface area contributed by atoms with Gasteiger partial charge in [0.1, 0.15) is 11.5 Å². The van der Waals surface area contributed by atoms with Crippen molar-refractivity contribution >= 4 is 0 Å². The summed E-state index contributed by atoms with van der Waals surface area (Å²) in [6.45, 7) is 6.64. The van der Waals surface area contributed by atoms with Gasteiger partial charge in [-0.1, -0.05) is 26.3 Å². The van der Waals surface area contributed by atoms with Crippen LogP contribution in [0.15, 0.2) is 18.2 Å². The molecule has 1 saturated carbocycles. The SMILES string of the molecule is CCNCC1CCC(C)CC1c1c(OC)cccc1OC. The lowest BCUT2D eigenvalue weighted by Crippen LogP contribution is -2.31. The summed E-state index contributed by atoms with van der Waals surface area (Å²) in [6, 6.07) is 6.12. The monoisotopic (exact) mass is 291 g/mol. The molecule has 3 unspecified atom stereocenters. The summed E-state index contributed by atoms with van der Waals surface area (Å²) in [5.74, 6) is 3.87. The van der Waals surface area contributed by atoms with Crippen molar-refractivity contribution in [3.63, 3.8) is 0 Å². The van der Waals surface area contributed by atoms with Crippen molar-refractivity contribution in [2.45, 2.75) is 39.0 Å². The number of ether oxygens (including phenoxy) is 2. The Morgan fingerprint density at radius 3 is 2.38 bits per heavy atom. The Kier molecular flexibility index (Phi) is 5.92. The summed E-state index contributed by atoms with van der Waals surface area (Å²) in [4.78, 5) is 0. The molecule has 0 bridgehead atoms. The molecule has 0 aromatic heterocycles. The van der Waals surface area contributed by atoms with Gasteiger partial charge in [0.25, 0.3) is 0 Å². The van der Waals surface area contributed by atoms with Gasteiger partial charge in [0.05, 0.1) is 14.2 Å². The first-order valence-corrected chi connectivity index (χ1v) is 8.12. The van der Waals surface area contributed by atoms with Crippen molar-refractivity contribution in [2.75, 3.05) is 27.3 Å². The van der Waals surface area contributed by atoms with Crippen LogP contribution in [0.25, 0.3) is 0 Å². The summed E-state index contributed by atoms with van der Waals surface area (Å²) in [5, 5.41) is 3.53. The molecule has 0 heterocycles. The average molecular weight is 291 g/mol. The molecule has 1 aliphatic carbocycles. The number of hydrogen-bond donors (Lipinski definition) is 1. The van der Waals surface area contributed by atoms with E-state index in [1.807, 2.05) is 6.07 Å². The molecular formula is C18H29NO2. The predicted molar refractivity (Wildman–Crippen MR) is 87.3 cm³/mol. The number of methoxy groups -OCH3 is 2. The quantitative estimate of drug-likeness (QED) is 0.864. The second kappa shape index (κ2) is 7.69. The molecule has 3 heteroatoms. The molecule has 1 fully saturated rings. The third-order valence-corrected chi connectivity index (χ3v) is 4.75. The minimum atomic E-state index is 0.513. The summed E-state index contributed by atoms with van der Waals surface area (Å²) in [6.07, 6.45) is 3.82. The number of rotatable bonds is 6. The largest absolute Gasteiger partial charge is 0.496 e. The highest BCUT2D eigenvalue weighted by atomic mass is 16.5. The second-order valence-electron chi connectivity index (χ2n) is 6.17. The molecule has 0 saturated heterocycles. The highest BCUT2D eigenvalue weighted by Gasteiger charge is 2.33. The lowest BCUT2D eigenvalue weighted by Gasteiger charge is -2.36. The minimum Gasteiger partial charge on any atom is -0.496 e. The highest BCUT2D eigenvalue weighted by molar-refractivity contribution is 5.47. The Hall–Kier alpha value is -1.22. The average Bonchev–Trinajstić information content (AvgIpc) is 2.52. The normalized spacial score (nSPS) is 25.6. The Labute approximate surface area is 129 Å². The van der Waals surface area contributed by atoms with Crippen molar-refractivity contribution in [2.24, 2.45) is 11.8 Å². The number of hydrogen-bond acceptors (Lipinski definition) is 3. The van der Waals surface area contributed by atoms with Gasteiger partial charge in [-0.05, 0) is 55.8 Å². The van der Waals surface area contributed by atoms with Crippen LogP contribution in [0.5, 0.6) is 11.5 Å². The van der Waals surface area contributed by atoms with Crippen molar-refractivity contribution in [3.05, 3.63) is 23.8 Å². The first kappa shape index (κ1) is 16.2. The van der Waals surface area contributed by atoms with Gasteiger partial charge >= 0.3 is 0 Å². The van der Waals surface area contributed by atoms with E-state index >= 15 is 0 Å². The lowest BCUT2D eigenvalue weighted by atomic mass is 9.71. The zero-order chi connectivity index (χ0) is 15.2. The molecule has 2 rings (SSSR count). The van der Waals surface area contributed by atoms with Crippen LogP contribution in [0.2, 0.25) is 0 Å². The molecule has 1 N–H and O–H groups in total. The zero-order valence-corrected chi connectivity index (χ0v) is 13.8. The van der Waals surface area contributed by atoms with Crippen LogP contribution < -0.4 is 14.8 Å². The van der Waals surface area contributed by atoms with Gasteiger partial charge in [0.2, 0.25) is 0 Å². The van der Waals surface area contributed by atoms with E-state index in [1.54, 1.807) is 14.2 Å². The zero-order valence-electron chi connectivity index (χ0n) is 13.8. The summed E-state index contributed by atoms with van der Waals surface area (Å²) in [5.41, 5.74) is 1.26. The maximum Gasteiger partial charge on any atom is 0.126 e. The molecule has 0 radical (unpaired) electrons. The Bertz CT molecular complexity index is 423. The van der Waals surface area contributed by atoms with Gasteiger partial charge in [0.15, 0.2) is 0 Å². The molecule has 1 aliphatic rings. The van der Waals surface area contributed by atoms with Crippen LogP contribution in [0.4, 0.5) is 0 Å². The Morgan fingerprint density at radius 1 is 1.14 bits per heavy atom. The first-order chi connectivity index (χ1) is 10.2. The molecule has 0 aliphatic heterocycles. The molecule has 118 valence electrons. The van der Waals surface area contributed by atoms with Gasteiger partial charge in [-0.2, -0.15) is 0 Å². The van der Waals surface area contributed by atoms with E-state index in [-0.39, 0.29) is 0 Å². The minimum absolute atomic E-state index is 0.513. The fraction of sp³-hybridized carbons (Fsp3) is 0.667. The summed E-state index contributed by atoms with van der Waals surface area (Å²) in [7, 11) is 3.51. The maximum atomic E-state index is 5.63. The molecule has 0 amide bonds. The fourth-order valence-corrected chi connectivity index (χ4v) is 3.62. The van der Waals surface area contributed by atoms with Crippen LogP contribution in [-0.4, -0.2) is 27.3 Å². The van der Waals surface area contributed by atoms with E-state index in [9.17, 15) is 0 Å². The van der Waals surface area contributed by atoms with E-state index in [4.69, 9.17) is 9.47 Å². The van der Waals surface area contributed by atoms with Crippen LogP contribution in [0.1, 0.15) is 44.6 Å². The Balaban J connectivity index is 2.34. The number of nitrogens with one attached hydrogen (secondary N) is 1. The van der Waals surface area contributed by atoms with E-state index in [1.165, 1.54) is 24.8 Å². The molecule has 21 heavy (non-hydrogen) atoms. The van der Waals surface area contributed by atoms with Gasteiger partial charge in [-0.15, -0.1) is 0 Å². The molecule has 3 atom stereocenters. The van der Waals surface area contributed by atoms with Gasteiger partial charge in [0, 0.05) is 5.56 Å². The van der Waals surface area contributed by atoms with Gasteiger partial charge < -0.3 is 14.8 Å². The molecule has 3 nitrogen and oxygen atoms in total. The topological polar surface area (TPSA) is 30.5 Å². The second-order valence-corrected chi connectivity index (χ2v) is 6.17. The third kappa shape index (κ3) is 3.70. The number of benzene rings is 1. The highest BCUT2D eigenvalue weighted by Crippen LogP contribution is 2.46. The summed E-state index contributed by atoms with van der Waals surface area (Å²) >= 11 is 0. The van der Waals surface area contributed by atoms with Crippen molar-refractivity contribution in [1.29, 1.82) is 0 Å². The molecule has 1 aromatic carbocycles. The Morgan fingerprint density at radius 2 is 1.81 bits per heavy atom. The van der Waals surface area contributed by atoms with E-state index in [0.29, 0.717) is 11.8 Å². The van der Waals surface area contributed by atoms with E-state index in [0.717, 1.165) is 30.5 Å².